The Bertz CT molecular complexity index is 387. The van der Waals surface area contributed by atoms with E-state index in [9.17, 15) is 26.7 Å². The molecule has 4 nitrogen and oxygen atoms in total. The van der Waals surface area contributed by atoms with Crippen molar-refractivity contribution in [3.05, 3.63) is 0 Å². The molecule has 0 bridgehead atoms. The van der Waals surface area contributed by atoms with Crippen molar-refractivity contribution in [3.8, 4) is 0 Å². The van der Waals surface area contributed by atoms with E-state index in [0.717, 1.165) is 25.7 Å². The first-order chi connectivity index (χ1) is 9.12. The van der Waals surface area contributed by atoms with Gasteiger partial charge in [-0.1, -0.05) is 25.7 Å². The number of rotatable bonds is 6. The molecular weight excluding hydrogens is 295 g/mol. The van der Waals surface area contributed by atoms with Gasteiger partial charge in [-0.3, -0.25) is 0 Å². The van der Waals surface area contributed by atoms with Crippen molar-refractivity contribution in [1.82, 2.24) is 4.72 Å². The van der Waals surface area contributed by atoms with Crippen molar-refractivity contribution in [2.24, 2.45) is 0 Å². The predicted molar refractivity (Wildman–Crippen MR) is 69.7 cm³/mol. The van der Waals surface area contributed by atoms with Gasteiger partial charge in [-0.2, -0.15) is 13.2 Å². The molecule has 0 atom stereocenters. The van der Waals surface area contributed by atoms with Crippen LogP contribution in [0.25, 0.3) is 0 Å². The third-order valence-electron chi connectivity index (χ3n) is 3.53. The highest BCUT2D eigenvalue weighted by Crippen LogP contribution is 2.26. The fraction of sp³-hybridized carbons (Fsp3) is 1.00. The fourth-order valence-corrected chi connectivity index (χ4v) is 3.50. The summed E-state index contributed by atoms with van der Waals surface area (Å²) in [5.74, 6) is -0.567. The summed E-state index contributed by atoms with van der Waals surface area (Å²) in [6.07, 6.45) is -1.15. The van der Waals surface area contributed by atoms with E-state index in [0.29, 0.717) is 12.8 Å². The van der Waals surface area contributed by atoms with Crippen molar-refractivity contribution in [2.45, 2.75) is 63.1 Å². The maximum atomic E-state index is 12.0. The minimum atomic E-state index is -4.34. The normalized spacial score (nSPS) is 20.6. The monoisotopic (exact) mass is 317 g/mol. The molecule has 1 saturated carbocycles. The lowest BCUT2D eigenvalue weighted by Crippen LogP contribution is -2.43. The maximum Gasteiger partial charge on any atom is 0.389 e. The molecule has 0 aliphatic heterocycles. The second-order valence-corrected chi connectivity index (χ2v) is 7.42. The van der Waals surface area contributed by atoms with E-state index in [-0.39, 0.29) is 6.54 Å². The van der Waals surface area contributed by atoms with Crippen LogP contribution in [0.5, 0.6) is 0 Å². The third kappa shape index (κ3) is 7.44. The highest BCUT2D eigenvalue weighted by atomic mass is 32.2. The molecule has 120 valence electrons. The van der Waals surface area contributed by atoms with Gasteiger partial charge in [0.05, 0.1) is 11.4 Å². The molecule has 0 aromatic carbocycles. The van der Waals surface area contributed by atoms with E-state index in [1.54, 1.807) is 0 Å². The lowest BCUT2D eigenvalue weighted by atomic mass is 9.95. The van der Waals surface area contributed by atoms with Crippen LogP contribution in [0.3, 0.4) is 0 Å². The van der Waals surface area contributed by atoms with E-state index in [2.05, 4.69) is 4.72 Å². The van der Waals surface area contributed by atoms with Crippen molar-refractivity contribution in [3.63, 3.8) is 0 Å². The first kappa shape index (κ1) is 17.7. The highest BCUT2D eigenvalue weighted by Gasteiger charge is 2.30. The average molecular weight is 317 g/mol. The molecule has 0 radical (unpaired) electrons. The van der Waals surface area contributed by atoms with Crippen LogP contribution in [0.2, 0.25) is 0 Å². The molecule has 0 unspecified atom stereocenters. The van der Waals surface area contributed by atoms with Gasteiger partial charge >= 0.3 is 6.18 Å². The lowest BCUT2D eigenvalue weighted by Gasteiger charge is -2.26. The van der Waals surface area contributed by atoms with E-state index < -0.39 is 40.4 Å². The molecule has 0 aromatic heterocycles. The van der Waals surface area contributed by atoms with E-state index >= 15 is 0 Å². The van der Waals surface area contributed by atoms with Gasteiger partial charge in [0.25, 0.3) is 0 Å². The molecular formula is C12H22F3NO3S. The van der Waals surface area contributed by atoms with Gasteiger partial charge in [-0.15, -0.1) is 0 Å². The summed E-state index contributed by atoms with van der Waals surface area (Å²) in [4.78, 5) is 0. The smallest absolute Gasteiger partial charge is 0.389 e. The molecule has 1 aliphatic carbocycles. The Morgan fingerprint density at radius 1 is 1.10 bits per heavy atom. The number of alkyl halides is 3. The number of aliphatic hydroxyl groups is 1. The summed E-state index contributed by atoms with van der Waals surface area (Å²) in [5, 5.41) is 10.3. The highest BCUT2D eigenvalue weighted by molar-refractivity contribution is 7.89. The average Bonchev–Trinajstić information content (AvgIpc) is 2.51. The fourth-order valence-electron chi connectivity index (χ4n) is 2.34. The summed E-state index contributed by atoms with van der Waals surface area (Å²) in [7, 11) is -3.76. The summed E-state index contributed by atoms with van der Waals surface area (Å²) in [6.45, 7) is -0.110. The van der Waals surface area contributed by atoms with Crippen molar-refractivity contribution in [1.29, 1.82) is 0 Å². The van der Waals surface area contributed by atoms with Gasteiger partial charge in [-0.05, 0) is 19.3 Å². The van der Waals surface area contributed by atoms with Crippen LogP contribution in [0.4, 0.5) is 13.2 Å². The Kier molecular flexibility index (Phi) is 6.27. The Hall–Kier alpha value is -0.340. The summed E-state index contributed by atoms with van der Waals surface area (Å²) in [6, 6.07) is 0. The van der Waals surface area contributed by atoms with E-state index in [1.165, 1.54) is 0 Å². The van der Waals surface area contributed by atoms with Crippen molar-refractivity contribution >= 4 is 10.0 Å². The van der Waals surface area contributed by atoms with Crippen LogP contribution >= 0.6 is 0 Å². The number of halogens is 3. The van der Waals surface area contributed by atoms with Crippen LogP contribution in [0.1, 0.15) is 51.4 Å². The zero-order valence-electron chi connectivity index (χ0n) is 11.4. The van der Waals surface area contributed by atoms with Gasteiger partial charge in [0, 0.05) is 13.0 Å². The zero-order chi connectivity index (χ0) is 15.3. The Morgan fingerprint density at radius 2 is 1.65 bits per heavy atom. The van der Waals surface area contributed by atoms with Crippen LogP contribution in [-0.4, -0.2) is 37.6 Å². The second kappa shape index (κ2) is 7.09. The molecule has 1 aliphatic rings. The first-order valence-corrected chi connectivity index (χ1v) is 8.54. The molecule has 0 saturated heterocycles. The molecule has 0 amide bonds. The topological polar surface area (TPSA) is 66.4 Å². The van der Waals surface area contributed by atoms with Gasteiger partial charge < -0.3 is 5.11 Å². The molecule has 0 spiro atoms. The van der Waals surface area contributed by atoms with Crippen LogP contribution in [0.15, 0.2) is 0 Å². The summed E-state index contributed by atoms with van der Waals surface area (Å²) < 4.78 is 61.3. The Labute approximate surface area is 117 Å². The molecule has 0 heterocycles. The maximum absolute atomic E-state index is 12.0. The number of hydrogen-bond acceptors (Lipinski definition) is 3. The standard InChI is InChI=1S/C12H22F3NO3S/c13-12(14,15)8-5-9-20(18,19)16-10-11(17)6-3-1-2-4-7-11/h16-17H,1-10H2. The molecule has 8 heteroatoms. The van der Waals surface area contributed by atoms with Crippen LogP contribution < -0.4 is 4.72 Å². The Morgan fingerprint density at radius 3 is 2.15 bits per heavy atom. The third-order valence-corrected chi connectivity index (χ3v) is 4.94. The van der Waals surface area contributed by atoms with Crippen LogP contribution in [0, 0.1) is 0 Å². The van der Waals surface area contributed by atoms with Gasteiger partial charge in [0.1, 0.15) is 0 Å². The van der Waals surface area contributed by atoms with Crippen molar-refractivity contribution in [2.75, 3.05) is 12.3 Å². The number of nitrogens with one attached hydrogen (secondary N) is 1. The molecule has 2 N–H and O–H groups in total. The molecule has 1 rings (SSSR count). The minimum absolute atomic E-state index is 0.110. The minimum Gasteiger partial charge on any atom is -0.389 e. The Balaban J connectivity index is 2.38. The second-order valence-electron chi connectivity index (χ2n) is 5.50. The van der Waals surface area contributed by atoms with Gasteiger partial charge in [-0.25, -0.2) is 13.1 Å². The summed E-state index contributed by atoms with van der Waals surface area (Å²) >= 11 is 0. The van der Waals surface area contributed by atoms with Gasteiger partial charge in [0.2, 0.25) is 10.0 Å². The van der Waals surface area contributed by atoms with Gasteiger partial charge in [0.15, 0.2) is 0 Å². The van der Waals surface area contributed by atoms with E-state index in [1.807, 2.05) is 0 Å². The van der Waals surface area contributed by atoms with Crippen molar-refractivity contribution < 1.29 is 26.7 Å². The molecule has 0 aromatic rings. The molecule has 20 heavy (non-hydrogen) atoms. The predicted octanol–water partition coefficient (Wildman–Crippen LogP) is 2.33. The largest absolute Gasteiger partial charge is 0.389 e. The number of hydrogen-bond donors (Lipinski definition) is 2. The first-order valence-electron chi connectivity index (χ1n) is 6.88. The van der Waals surface area contributed by atoms with Crippen LogP contribution in [-0.2, 0) is 10.0 Å². The summed E-state index contributed by atoms with van der Waals surface area (Å²) in [5.41, 5.74) is -1.06. The lowest BCUT2D eigenvalue weighted by molar-refractivity contribution is -0.134. The molecule has 1 fully saturated rings. The quantitative estimate of drug-likeness (QED) is 0.739. The SMILES string of the molecule is O=S(=O)(CCCC(F)(F)F)NCC1(O)CCCCCC1. The number of sulfonamides is 1. The zero-order valence-corrected chi connectivity index (χ0v) is 12.2. The van der Waals surface area contributed by atoms with E-state index in [4.69, 9.17) is 0 Å².